The number of nitrogens with one attached hydrogen (secondary N) is 1. The topological polar surface area (TPSA) is 49.4 Å². The second-order valence-electron chi connectivity index (χ2n) is 4.79. The minimum atomic E-state index is -0.722. The third-order valence-electron chi connectivity index (χ3n) is 3.05. The van der Waals surface area contributed by atoms with Crippen molar-refractivity contribution in [3.8, 4) is 0 Å². The molecule has 0 unspecified atom stereocenters. The first-order valence-corrected chi connectivity index (χ1v) is 7.81. The largest absolute Gasteiger partial charge is 0.332 e. The molecule has 0 aliphatic rings. The summed E-state index contributed by atoms with van der Waals surface area (Å²) < 4.78 is 14.5. The highest BCUT2D eigenvalue weighted by Gasteiger charge is 2.21. The molecule has 7 heteroatoms. The molecule has 0 radical (unpaired) electrons. The summed E-state index contributed by atoms with van der Waals surface area (Å²) in [4.78, 5) is 25.4. The summed E-state index contributed by atoms with van der Waals surface area (Å²) in [7, 11) is 1.41. The van der Waals surface area contributed by atoms with Crippen LogP contribution in [0.2, 0.25) is 5.02 Å². The van der Waals surface area contributed by atoms with E-state index in [1.165, 1.54) is 19.2 Å². The van der Waals surface area contributed by atoms with E-state index in [-0.39, 0.29) is 17.1 Å². The summed E-state index contributed by atoms with van der Waals surface area (Å²) in [5.41, 5.74) is 0.340. The Morgan fingerprint density at radius 2 is 1.91 bits per heavy atom. The van der Waals surface area contributed by atoms with Crippen LogP contribution in [0.5, 0.6) is 0 Å². The van der Waals surface area contributed by atoms with Crippen LogP contribution >= 0.6 is 27.5 Å². The van der Waals surface area contributed by atoms with Crippen LogP contribution in [0.1, 0.15) is 10.4 Å². The first-order valence-electron chi connectivity index (χ1n) is 6.64. The first-order chi connectivity index (χ1) is 10.9. The van der Waals surface area contributed by atoms with E-state index in [2.05, 4.69) is 21.2 Å². The lowest BCUT2D eigenvalue weighted by Gasteiger charge is -2.18. The van der Waals surface area contributed by atoms with Crippen LogP contribution in [0.25, 0.3) is 0 Å². The number of carbonyl (C=O) groups excluding carboxylic acids is 2. The van der Waals surface area contributed by atoms with Gasteiger partial charge in [0.2, 0.25) is 5.91 Å². The van der Waals surface area contributed by atoms with Crippen LogP contribution < -0.4 is 5.32 Å². The monoisotopic (exact) mass is 398 g/mol. The van der Waals surface area contributed by atoms with Crippen molar-refractivity contribution in [2.24, 2.45) is 0 Å². The predicted molar refractivity (Wildman–Crippen MR) is 91.1 cm³/mol. The number of rotatable bonds is 4. The van der Waals surface area contributed by atoms with Crippen molar-refractivity contribution in [3.63, 3.8) is 0 Å². The van der Waals surface area contributed by atoms with E-state index >= 15 is 0 Å². The predicted octanol–water partition coefficient (Wildman–Crippen LogP) is 3.95. The molecule has 0 spiro atoms. The van der Waals surface area contributed by atoms with Crippen molar-refractivity contribution in [2.75, 3.05) is 18.9 Å². The molecule has 0 aliphatic carbocycles. The number of hydrogen-bond donors (Lipinski definition) is 1. The Kier molecular flexibility index (Phi) is 5.74. The maximum Gasteiger partial charge on any atom is 0.258 e. The van der Waals surface area contributed by atoms with Gasteiger partial charge in [-0.25, -0.2) is 4.39 Å². The molecule has 2 rings (SSSR count). The van der Waals surface area contributed by atoms with Gasteiger partial charge in [0.15, 0.2) is 0 Å². The quantitative estimate of drug-likeness (QED) is 0.846. The van der Waals surface area contributed by atoms with Gasteiger partial charge in [-0.15, -0.1) is 0 Å². The molecule has 0 aliphatic heterocycles. The number of para-hydroxylation sites is 1. The molecule has 0 atom stereocenters. The molecular weight excluding hydrogens is 387 g/mol. The fraction of sp³-hybridized carbons (Fsp3) is 0.125. The van der Waals surface area contributed by atoms with Crippen LogP contribution in [0.4, 0.5) is 10.1 Å². The smallest absolute Gasteiger partial charge is 0.258 e. The Labute approximate surface area is 146 Å². The second-order valence-corrected chi connectivity index (χ2v) is 6.05. The molecule has 120 valence electrons. The number of amides is 2. The fourth-order valence-corrected chi connectivity index (χ4v) is 2.56. The van der Waals surface area contributed by atoms with Gasteiger partial charge in [0.25, 0.3) is 5.91 Å². The van der Waals surface area contributed by atoms with E-state index in [0.717, 1.165) is 15.4 Å². The van der Waals surface area contributed by atoms with Crippen molar-refractivity contribution in [2.45, 2.75) is 0 Å². The highest BCUT2D eigenvalue weighted by Crippen LogP contribution is 2.22. The molecule has 1 N–H and O–H groups in total. The van der Waals surface area contributed by atoms with E-state index in [9.17, 15) is 14.0 Å². The standard InChI is InChI=1S/C16H13BrClFN2O2/c1-21(16(23)15-11(18)6-4-7-12(15)19)9-14(22)20-13-8-3-2-5-10(13)17/h2-8H,9H2,1H3,(H,20,22). The van der Waals surface area contributed by atoms with Crippen LogP contribution in [-0.2, 0) is 4.79 Å². The molecule has 2 aromatic carbocycles. The van der Waals surface area contributed by atoms with Gasteiger partial charge in [0.05, 0.1) is 22.8 Å². The van der Waals surface area contributed by atoms with Crippen molar-refractivity contribution in [1.82, 2.24) is 4.90 Å². The molecule has 2 aromatic rings. The lowest BCUT2D eigenvalue weighted by atomic mass is 10.2. The third kappa shape index (κ3) is 4.30. The second kappa shape index (κ2) is 7.57. The van der Waals surface area contributed by atoms with Gasteiger partial charge in [0.1, 0.15) is 5.82 Å². The van der Waals surface area contributed by atoms with Gasteiger partial charge in [-0.1, -0.05) is 29.8 Å². The summed E-state index contributed by atoms with van der Waals surface area (Å²) in [6.07, 6.45) is 0. The number of hydrogen-bond acceptors (Lipinski definition) is 2. The van der Waals surface area contributed by atoms with E-state index < -0.39 is 17.6 Å². The number of nitrogens with zero attached hydrogens (tertiary/aromatic N) is 1. The Morgan fingerprint density at radius 1 is 1.22 bits per heavy atom. The van der Waals surface area contributed by atoms with Gasteiger partial charge in [-0.2, -0.15) is 0 Å². The Hall–Kier alpha value is -1.92. The first kappa shape index (κ1) is 17.4. The van der Waals surface area contributed by atoms with Crippen LogP contribution in [-0.4, -0.2) is 30.3 Å². The molecule has 0 saturated carbocycles. The lowest BCUT2D eigenvalue weighted by molar-refractivity contribution is -0.116. The molecule has 2 amide bonds. The Bertz CT molecular complexity index is 734. The van der Waals surface area contributed by atoms with Crippen molar-refractivity contribution in [1.29, 1.82) is 0 Å². The minimum Gasteiger partial charge on any atom is -0.332 e. The molecule has 4 nitrogen and oxygen atoms in total. The number of benzene rings is 2. The van der Waals surface area contributed by atoms with Crippen molar-refractivity contribution in [3.05, 3.63) is 63.3 Å². The third-order valence-corrected chi connectivity index (χ3v) is 4.06. The molecule has 0 aromatic heterocycles. The lowest BCUT2D eigenvalue weighted by Crippen LogP contribution is -2.35. The zero-order chi connectivity index (χ0) is 17.0. The average molecular weight is 400 g/mol. The van der Waals surface area contributed by atoms with Gasteiger partial charge in [-0.3, -0.25) is 9.59 Å². The van der Waals surface area contributed by atoms with Gasteiger partial charge >= 0.3 is 0 Å². The van der Waals surface area contributed by atoms with Crippen LogP contribution in [0.3, 0.4) is 0 Å². The molecule has 0 bridgehead atoms. The van der Waals surface area contributed by atoms with E-state index in [1.54, 1.807) is 18.2 Å². The summed E-state index contributed by atoms with van der Waals surface area (Å²) >= 11 is 9.17. The molecule has 23 heavy (non-hydrogen) atoms. The number of carbonyl (C=O) groups is 2. The highest BCUT2D eigenvalue weighted by molar-refractivity contribution is 9.10. The van der Waals surface area contributed by atoms with Crippen molar-refractivity contribution >= 4 is 45.0 Å². The normalized spacial score (nSPS) is 10.3. The van der Waals surface area contributed by atoms with E-state index in [1.807, 2.05) is 6.07 Å². The minimum absolute atomic E-state index is 0.00746. The number of likely N-dealkylation sites (N-methyl/N-ethyl adjacent to an activating group) is 1. The van der Waals surface area contributed by atoms with Gasteiger partial charge in [0, 0.05) is 11.5 Å². The molecule has 0 saturated heterocycles. The van der Waals surface area contributed by atoms with Crippen LogP contribution in [0, 0.1) is 5.82 Å². The van der Waals surface area contributed by atoms with Gasteiger partial charge in [-0.05, 0) is 40.2 Å². The molecule has 0 fully saturated rings. The SMILES string of the molecule is CN(CC(=O)Nc1ccccc1Br)C(=O)c1c(F)cccc1Cl. The number of halogens is 3. The van der Waals surface area contributed by atoms with Gasteiger partial charge < -0.3 is 10.2 Å². The summed E-state index contributed by atoms with van der Waals surface area (Å²) in [5, 5.41) is 2.68. The summed E-state index contributed by atoms with van der Waals surface area (Å²) in [5.74, 6) is -1.78. The van der Waals surface area contributed by atoms with E-state index in [0.29, 0.717) is 5.69 Å². The zero-order valence-corrected chi connectivity index (χ0v) is 14.5. The molecule has 0 heterocycles. The average Bonchev–Trinajstić information content (AvgIpc) is 2.49. The highest BCUT2D eigenvalue weighted by atomic mass is 79.9. The van der Waals surface area contributed by atoms with E-state index in [4.69, 9.17) is 11.6 Å². The zero-order valence-electron chi connectivity index (χ0n) is 12.1. The summed E-state index contributed by atoms with van der Waals surface area (Å²) in [6, 6.07) is 11.1. The van der Waals surface area contributed by atoms with Crippen molar-refractivity contribution < 1.29 is 14.0 Å². The fourth-order valence-electron chi connectivity index (χ4n) is 1.93. The maximum absolute atomic E-state index is 13.8. The Balaban J connectivity index is 2.07. The Morgan fingerprint density at radius 3 is 2.57 bits per heavy atom. The number of anilines is 1. The van der Waals surface area contributed by atoms with Crippen LogP contribution in [0.15, 0.2) is 46.9 Å². The maximum atomic E-state index is 13.8. The molecular formula is C16H13BrClFN2O2. The summed E-state index contributed by atoms with van der Waals surface area (Å²) in [6.45, 7) is -0.231.